The molecule has 0 heterocycles. The number of nitrogens with one attached hydrogen (secondary N) is 1. The smallest absolute Gasteiger partial charge is 0.338 e. The van der Waals surface area contributed by atoms with E-state index < -0.39 is 8.56 Å². The zero-order valence-corrected chi connectivity index (χ0v) is 15.3. The summed E-state index contributed by atoms with van der Waals surface area (Å²) in [5.41, 5.74) is 0. The third kappa shape index (κ3) is 9.92. The zero-order chi connectivity index (χ0) is 15.1. The van der Waals surface area contributed by atoms with Crippen molar-refractivity contribution in [1.29, 1.82) is 0 Å². The van der Waals surface area contributed by atoms with Gasteiger partial charge in [0.05, 0.1) is 0 Å². The monoisotopic (exact) mass is 303 g/mol. The highest BCUT2D eigenvalue weighted by Gasteiger charge is 2.36. The molecule has 0 rings (SSSR count). The maximum absolute atomic E-state index is 6.35. The highest BCUT2D eigenvalue weighted by atomic mass is 28.4. The fourth-order valence-electron chi connectivity index (χ4n) is 2.24. The second kappa shape index (κ2) is 14.1. The Kier molecular flexibility index (Phi) is 14.1. The van der Waals surface area contributed by atoms with Crippen LogP contribution in [0.4, 0.5) is 0 Å². The third-order valence-corrected chi connectivity index (χ3v) is 7.31. The van der Waals surface area contributed by atoms with Gasteiger partial charge in [0.1, 0.15) is 0 Å². The highest BCUT2D eigenvalue weighted by Crippen LogP contribution is 2.24. The summed E-state index contributed by atoms with van der Waals surface area (Å²) >= 11 is 0. The van der Waals surface area contributed by atoms with Crippen molar-refractivity contribution < 1.29 is 8.85 Å². The number of hydrogen-bond acceptors (Lipinski definition) is 3. The molecule has 0 aliphatic carbocycles. The predicted octanol–water partition coefficient (Wildman–Crippen LogP) is 4.47. The van der Waals surface area contributed by atoms with Gasteiger partial charge in [-0.3, -0.25) is 0 Å². The lowest BCUT2D eigenvalue weighted by atomic mass is 10.4. The Bertz CT molecular complexity index is 176. The summed E-state index contributed by atoms with van der Waals surface area (Å²) in [6, 6.07) is 2.31. The van der Waals surface area contributed by atoms with E-state index in [1.54, 1.807) is 0 Å². The molecule has 0 atom stereocenters. The SMILES string of the molecule is CCCCO[Si](CCCC)(CCCNC)OCCCC. The molecule has 3 nitrogen and oxygen atoms in total. The Morgan fingerprint density at radius 1 is 0.750 bits per heavy atom. The summed E-state index contributed by atoms with van der Waals surface area (Å²) in [5.74, 6) is 0. The minimum absolute atomic E-state index is 0.887. The van der Waals surface area contributed by atoms with E-state index in [1.165, 1.54) is 38.1 Å². The van der Waals surface area contributed by atoms with E-state index in [0.29, 0.717) is 0 Å². The normalized spacial score (nSPS) is 12.0. The topological polar surface area (TPSA) is 30.5 Å². The van der Waals surface area contributed by atoms with E-state index in [-0.39, 0.29) is 0 Å². The molecule has 0 aliphatic heterocycles. The first kappa shape index (κ1) is 20.1. The molecule has 0 amide bonds. The molecule has 0 spiro atoms. The van der Waals surface area contributed by atoms with Crippen molar-refractivity contribution in [3.05, 3.63) is 0 Å². The fraction of sp³-hybridized carbons (Fsp3) is 1.00. The first-order valence-corrected chi connectivity index (χ1v) is 10.9. The van der Waals surface area contributed by atoms with E-state index in [0.717, 1.165) is 38.6 Å². The second-order valence-corrected chi connectivity index (χ2v) is 9.02. The molecule has 122 valence electrons. The molecule has 0 unspecified atom stereocenters. The molecule has 0 radical (unpaired) electrons. The molecule has 0 bridgehead atoms. The summed E-state index contributed by atoms with van der Waals surface area (Å²) in [4.78, 5) is 0. The predicted molar refractivity (Wildman–Crippen MR) is 90.5 cm³/mol. The van der Waals surface area contributed by atoms with Crippen molar-refractivity contribution in [2.45, 2.75) is 77.8 Å². The van der Waals surface area contributed by atoms with Crippen LogP contribution in [0.15, 0.2) is 0 Å². The van der Waals surface area contributed by atoms with Gasteiger partial charge in [-0.05, 0) is 44.9 Å². The van der Waals surface area contributed by atoms with Gasteiger partial charge < -0.3 is 14.2 Å². The Hall–Kier alpha value is 0.0969. The van der Waals surface area contributed by atoms with Crippen LogP contribution in [0, 0.1) is 0 Å². The Balaban J connectivity index is 4.48. The van der Waals surface area contributed by atoms with Gasteiger partial charge in [-0.2, -0.15) is 0 Å². The maximum atomic E-state index is 6.35. The molecule has 0 aromatic rings. The van der Waals surface area contributed by atoms with Crippen molar-refractivity contribution in [3.63, 3.8) is 0 Å². The summed E-state index contributed by atoms with van der Waals surface area (Å²) in [5, 5.41) is 3.24. The average molecular weight is 304 g/mol. The Morgan fingerprint density at radius 2 is 1.25 bits per heavy atom. The molecule has 0 saturated carbocycles. The third-order valence-electron chi connectivity index (χ3n) is 3.62. The first-order valence-electron chi connectivity index (χ1n) is 8.67. The summed E-state index contributed by atoms with van der Waals surface area (Å²) in [7, 11) is 0.0508. The van der Waals surface area contributed by atoms with Crippen molar-refractivity contribution in [1.82, 2.24) is 5.32 Å². The van der Waals surface area contributed by atoms with Crippen LogP contribution in [0.25, 0.3) is 0 Å². The first-order chi connectivity index (χ1) is 9.74. The molecular formula is C16H37NO2Si. The van der Waals surface area contributed by atoms with Crippen LogP contribution in [0.3, 0.4) is 0 Å². The largest absolute Gasteiger partial charge is 0.394 e. The minimum atomic E-state index is -1.97. The highest BCUT2D eigenvalue weighted by molar-refractivity contribution is 6.67. The number of unbranched alkanes of at least 4 members (excludes halogenated alkanes) is 3. The molecule has 0 aromatic carbocycles. The van der Waals surface area contributed by atoms with Gasteiger partial charge in [-0.15, -0.1) is 0 Å². The minimum Gasteiger partial charge on any atom is -0.394 e. The maximum Gasteiger partial charge on any atom is 0.338 e. The van der Waals surface area contributed by atoms with E-state index in [2.05, 4.69) is 26.1 Å². The summed E-state index contributed by atoms with van der Waals surface area (Å²) < 4.78 is 12.7. The van der Waals surface area contributed by atoms with Crippen LogP contribution in [0.2, 0.25) is 12.1 Å². The average Bonchev–Trinajstić information content (AvgIpc) is 2.46. The van der Waals surface area contributed by atoms with Crippen LogP contribution in [0.1, 0.15) is 65.7 Å². The quantitative estimate of drug-likeness (QED) is 0.357. The van der Waals surface area contributed by atoms with Crippen LogP contribution >= 0.6 is 0 Å². The van der Waals surface area contributed by atoms with Crippen molar-refractivity contribution in [2.24, 2.45) is 0 Å². The lowest BCUT2D eigenvalue weighted by Crippen LogP contribution is -2.43. The molecule has 0 saturated heterocycles. The van der Waals surface area contributed by atoms with E-state index in [4.69, 9.17) is 8.85 Å². The molecule has 0 aromatic heterocycles. The standard InChI is InChI=1S/C16H37NO2Si/c1-5-8-13-18-20(15-10-7-3,16-11-12-17-4)19-14-9-6-2/h17H,5-16H2,1-4H3. The van der Waals surface area contributed by atoms with Crippen LogP contribution in [0.5, 0.6) is 0 Å². The summed E-state index contributed by atoms with van der Waals surface area (Å²) in [6.45, 7) is 9.53. The molecule has 0 fully saturated rings. The van der Waals surface area contributed by atoms with Gasteiger partial charge in [-0.1, -0.05) is 46.5 Å². The molecule has 0 aliphatic rings. The molecule has 1 N–H and O–H groups in total. The molecule has 4 heteroatoms. The molecular weight excluding hydrogens is 266 g/mol. The fourth-order valence-corrected chi connectivity index (χ4v) is 5.79. The van der Waals surface area contributed by atoms with Gasteiger partial charge in [-0.25, -0.2) is 0 Å². The van der Waals surface area contributed by atoms with Gasteiger partial charge >= 0.3 is 8.56 Å². The van der Waals surface area contributed by atoms with Crippen molar-refractivity contribution in [3.8, 4) is 0 Å². The van der Waals surface area contributed by atoms with Crippen LogP contribution in [-0.4, -0.2) is 35.4 Å². The number of rotatable bonds is 15. The van der Waals surface area contributed by atoms with Crippen LogP contribution < -0.4 is 5.32 Å². The van der Waals surface area contributed by atoms with Gasteiger partial charge in [0.25, 0.3) is 0 Å². The second-order valence-electron chi connectivity index (χ2n) is 5.63. The van der Waals surface area contributed by atoms with Gasteiger partial charge in [0.15, 0.2) is 0 Å². The van der Waals surface area contributed by atoms with E-state index in [9.17, 15) is 0 Å². The zero-order valence-electron chi connectivity index (χ0n) is 14.3. The van der Waals surface area contributed by atoms with Gasteiger partial charge in [0.2, 0.25) is 0 Å². The Labute approximate surface area is 128 Å². The Morgan fingerprint density at radius 3 is 1.70 bits per heavy atom. The van der Waals surface area contributed by atoms with E-state index in [1.807, 2.05) is 7.05 Å². The lowest BCUT2D eigenvalue weighted by molar-refractivity contribution is 0.161. The van der Waals surface area contributed by atoms with Gasteiger partial charge in [0, 0.05) is 13.2 Å². The summed E-state index contributed by atoms with van der Waals surface area (Å²) in [6.07, 6.45) is 8.35. The molecule has 20 heavy (non-hydrogen) atoms. The van der Waals surface area contributed by atoms with Crippen LogP contribution in [-0.2, 0) is 8.85 Å². The number of hydrogen-bond donors (Lipinski definition) is 1. The van der Waals surface area contributed by atoms with Crippen molar-refractivity contribution >= 4 is 8.56 Å². The van der Waals surface area contributed by atoms with E-state index >= 15 is 0 Å². The lowest BCUT2D eigenvalue weighted by Gasteiger charge is -2.31. The van der Waals surface area contributed by atoms with Crippen molar-refractivity contribution in [2.75, 3.05) is 26.8 Å².